The second-order valence-corrected chi connectivity index (χ2v) is 6.74. The minimum absolute atomic E-state index is 0.0301. The van der Waals surface area contributed by atoms with E-state index in [1.165, 1.54) is 10.9 Å². The fraction of sp³-hybridized carbons (Fsp3) is 0.211. The minimum Gasteiger partial charge on any atom is -0.505 e. The Kier molecular flexibility index (Phi) is 4.59. The van der Waals surface area contributed by atoms with Gasteiger partial charge in [0.25, 0.3) is 0 Å². The summed E-state index contributed by atoms with van der Waals surface area (Å²) in [7, 11) is 7.33. The third-order valence-electron chi connectivity index (χ3n) is 4.05. The number of phenols is 1. The minimum atomic E-state index is -0.0301. The highest BCUT2D eigenvalue weighted by molar-refractivity contribution is 5.73. The first kappa shape index (κ1) is 18.4. The first-order valence-electron chi connectivity index (χ1n) is 8.85. The van der Waals surface area contributed by atoms with Crippen molar-refractivity contribution in [1.82, 2.24) is 29.9 Å². The average Bonchev–Trinajstić information content (AvgIpc) is 3.11. The number of ether oxygens (including phenoxy) is 1. The van der Waals surface area contributed by atoms with Gasteiger partial charge in [-0.05, 0) is 24.3 Å². The smallest absolute Gasteiger partial charge is 0.328 e. The number of aromatic hydroxyl groups is 1. The van der Waals surface area contributed by atoms with Crippen LogP contribution in [0.5, 0.6) is 17.5 Å². The normalized spacial score (nSPS) is 10.9. The van der Waals surface area contributed by atoms with E-state index in [2.05, 4.69) is 25.1 Å². The summed E-state index contributed by atoms with van der Waals surface area (Å²) in [4.78, 5) is 17.8. The molecule has 0 saturated heterocycles. The van der Waals surface area contributed by atoms with Gasteiger partial charge in [-0.25, -0.2) is 0 Å². The van der Waals surface area contributed by atoms with Gasteiger partial charge in [-0.1, -0.05) is 12.1 Å². The largest absolute Gasteiger partial charge is 0.505 e. The van der Waals surface area contributed by atoms with E-state index in [-0.39, 0.29) is 11.8 Å². The average molecular weight is 392 g/mol. The van der Waals surface area contributed by atoms with E-state index in [1.54, 1.807) is 21.9 Å². The van der Waals surface area contributed by atoms with Crippen molar-refractivity contribution in [2.75, 3.05) is 38.0 Å². The summed E-state index contributed by atoms with van der Waals surface area (Å²) in [5.74, 6) is 1.28. The lowest BCUT2D eigenvalue weighted by Gasteiger charge is -2.16. The molecule has 0 bridgehead atoms. The Morgan fingerprint density at radius 3 is 1.93 bits per heavy atom. The second-order valence-electron chi connectivity index (χ2n) is 6.74. The van der Waals surface area contributed by atoms with Crippen molar-refractivity contribution < 1.29 is 9.84 Å². The molecular formula is C19H20N8O2. The molecule has 0 fully saturated rings. The van der Waals surface area contributed by atoms with Gasteiger partial charge in [0.05, 0.1) is 0 Å². The van der Waals surface area contributed by atoms with E-state index in [0.29, 0.717) is 23.3 Å². The molecule has 2 aromatic heterocycles. The predicted octanol–water partition coefficient (Wildman–Crippen LogP) is 2.24. The summed E-state index contributed by atoms with van der Waals surface area (Å²) in [6.07, 6.45) is 0. The molecule has 0 amide bonds. The summed E-state index contributed by atoms with van der Waals surface area (Å²) in [6, 6.07) is 12.5. The number of hydrogen-bond acceptors (Lipinski definition) is 9. The molecular weight excluding hydrogens is 372 g/mol. The van der Waals surface area contributed by atoms with E-state index in [0.717, 1.165) is 11.0 Å². The van der Waals surface area contributed by atoms with Crippen LogP contribution < -0.4 is 14.5 Å². The molecule has 4 aromatic rings. The first-order chi connectivity index (χ1) is 13.9. The lowest BCUT2D eigenvalue weighted by atomic mass is 10.3. The molecule has 4 rings (SSSR count). The molecule has 10 heteroatoms. The second kappa shape index (κ2) is 7.23. The molecule has 29 heavy (non-hydrogen) atoms. The Hall–Kier alpha value is -3.95. The number of rotatable bonds is 5. The summed E-state index contributed by atoms with van der Waals surface area (Å²) in [6.45, 7) is 0. The van der Waals surface area contributed by atoms with Crippen LogP contribution in [0.25, 0.3) is 16.7 Å². The lowest BCUT2D eigenvalue weighted by Crippen LogP contribution is -2.19. The number of nitrogens with zero attached hydrogens (tertiary/aromatic N) is 8. The van der Waals surface area contributed by atoms with Gasteiger partial charge in [0.15, 0.2) is 0 Å². The topological polar surface area (TPSA) is 105 Å². The van der Waals surface area contributed by atoms with Crippen LogP contribution in [0.2, 0.25) is 0 Å². The van der Waals surface area contributed by atoms with Gasteiger partial charge >= 0.3 is 6.01 Å². The molecule has 148 valence electrons. The summed E-state index contributed by atoms with van der Waals surface area (Å²) < 4.78 is 5.77. The zero-order valence-electron chi connectivity index (χ0n) is 16.5. The Bertz CT molecular complexity index is 1110. The summed E-state index contributed by atoms with van der Waals surface area (Å²) in [5, 5.41) is 19.2. The maximum absolute atomic E-state index is 10.5. The van der Waals surface area contributed by atoms with E-state index in [4.69, 9.17) is 4.74 Å². The Labute approximate surface area is 167 Å². The van der Waals surface area contributed by atoms with Gasteiger partial charge in [-0.15, -0.1) is 15.0 Å². The molecule has 0 unspecified atom stereocenters. The summed E-state index contributed by atoms with van der Waals surface area (Å²) in [5.41, 5.74) is 1.92. The maximum Gasteiger partial charge on any atom is 0.328 e. The number of anilines is 2. The van der Waals surface area contributed by atoms with Crippen LogP contribution >= 0.6 is 0 Å². The summed E-state index contributed by atoms with van der Waals surface area (Å²) >= 11 is 0. The molecule has 2 aromatic carbocycles. The highest BCUT2D eigenvalue weighted by Crippen LogP contribution is 2.29. The Balaban J connectivity index is 1.65. The van der Waals surface area contributed by atoms with Gasteiger partial charge in [-0.2, -0.15) is 15.0 Å². The van der Waals surface area contributed by atoms with Gasteiger partial charge in [0, 0.05) is 34.3 Å². The molecule has 0 saturated carbocycles. The molecule has 0 aliphatic heterocycles. The SMILES string of the molecule is CN(C)c1nc(Oc2ccc(-n3nc4ccccc4n3)c(O)c2)nc(N(C)C)n1. The standard InChI is InChI=1S/C19H20N8O2/c1-25(2)17-20-18(26(3)4)22-19(21-17)29-12-9-10-15(16(28)11-12)27-23-13-7-5-6-8-14(13)24-27/h5-11,28H,1-4H3. The van der Waals surface area contributed by atoms with Crippen molar-refractivity contribution in [2.45, 2.75) is 0 Å². The van der Waals surface area contributed by atoms with E-state index >= 15 is 0 Å². The van der Waals surface area contributed by atoms with E-state index in [9.17, 15) is 5.11 Å². The maximum atomic E-state index is 10.5. The number of fused-ring (bicyclic) bond motifs is 1. The Morgan fingerprint density at radius 2 is 1.41 bits per heavy atom. The zero-order chi connectivity index (χ0) is 20.5. The van der Waals surface area contributed by atoms with Crippen LogP contribution in [0.15, 0.2) is 42.5 Å². The molecule has 0 atom stereocenters. The van der Waals surface area contributed by atoms with E-state index in [1.807, 2.05) is 52.5 Å². The molecule has 0 spiro atoms. The van der Waals surface area contributed by atoms with Gasteiger partial charge in [0.1, 0.15) is 28.2 Å². The van der Waals surface area contributed by atoms with Gasteiger partial charge in [-0.3, -0.25) is 0 Å². The fourth-order valence-electron chi connectivity index (χ4n) is 2.59. The van der Waals surface area contributed by atoms with Crippen LogP contribution in [0.4, 0.5) is 11.9 Å². The monoisotopic (exact) mass is 392 g/mol. The number of aromatic nitrogens is 6. The Morgan fingerprint density at radius 1 is 0.828 bits per heavy atom. The van der Waals surface area contributed by atoms with Crippen LogP contribution in [0, 0.1) is 0 Å². The molecule has 0 radical (unpaired) electrons. The quantitative estimate of drug-likeness (QED) is 0.547. The third-order valence-corrected chi connectivity index (χ3v) is 4.05. The predicted molar refractivity (Wildman–Crippen MR) is 109 cm³/mol. The van der Waals surface area contributed by atoms with Crippen molar-refractivity contribution in [3.05, 3.63) is 42.5 Å². The highest BCUT2D eigenvalue weighted by Gasteiger charge is 2.14. The van der Waals surface area contributed by atoms with Crippen molar-refractivity contribution in [3.63, 3.8) is 0 Å². The first-order valence-corrected chi connectivity index (χ1v) is 8.85. The van der Waals surface area contributed by atoms with Crippen LogP contribution in [-0.4, -0.2) is 63.2 Å². The van der Waals surface area contributed by atoms with Crippen molar-refractivity contribution in [1.29, 1.82) is 0 Å². The van der Waals surface area contributed by atoms with Crippen molar-refractivity contribution >= 4 is 22.9 Å². The highest BCUT2D eigenvalue weighted by atomic mass is 16.5. The molecule has 2 heterocycles. The molecule has 10 nitrogen and oxygen atoms in total. The van der Waals surface area contributed by atoms with Crippen molar-refractivity contribution in [2.24, 2.45) is 0 Å². The van der Waals surface area contributed by atoms with E-state index < -0.39 is 0 Å². The van der Waals surface area contributed by atoms with Crippen LogP contribution in [0.3, 0.4) is 0 Å². The number of phenolic OH excluding ortho intramolecular Hbond substituents is 1. The fourth-order valence-corrected chi connectivity index (χ4v) is 2.59. The molecule has 1 N–H and O–H groups in total. The number of hydrogen-bond donors (Lipinski definition) is 1. The van der Waals surface area contributed by atoms with Gasteiger partial charge in [0.2, 0.25) is 11.9 Å². The molecule has 0 aliphatic carbocycles. The van der Waals surface area contributed by atoms with Crippen LogP contribution in [0.1, 0.15) is 0 Å². The number of benzene rings is 2. The van der Waals surface area contributed by atoms with Gasteiger partial charge < -0.3 is 19.6 Å². The van der Waals surface area contributed by atoms with Crippen LogP contribution in [-0.2, 0) is 0 Å². The zero-order valence-corrected chi connectivity index (χ0v) is 16.5. The molecule has 0 aliphatic rings. The third kappa shape index (κ3) is 3.72. The lowest BCUT2D eigenvalue weighted by molar-refractivity contribution is 0.427. The van der Waals surface area contributed by atoms with Crippen molar-refractivity contribution in [3.8, 4) is 23.2 Å².